The van der Waals surface area contributed by atoms with Gasteiger partial charge in [-0.05, 0) is 17.7 Å². The first-order valence-corrected chi connectivity index (χ1v) is 4.89. The summed E-state index contributed by atoms with van der Waals surface area (Å²) in [5, 5.41) is 0. The lowest BCUT2D eigenvalue weighted by Crippen LogP contribution is -1.96. The van der Waals surface area contributed by atoms with Gasteiger partial charge >= 0.3 is 0 Å². The van der Waals surface area contributed by atoms with Crippen LogP contribution in [0.4, 0.5) is 5.69 Å². The number of aromatic nitrogens is 1. The van der Waals surface area contributed by atoms with E-state index >= 15 is 0 Å². The predicted molar refractivity (Wildman–Crippen MR) is 61.3 cm³/mol. The lowest BCUT2D eigenvalue weighted by atomic mass is 10.2. The van der Waals surface area contributed by atoms with Gasteiger partial charge in [0.15, 0.2) is 0 Å². The molecule has 0 radical (unpaired) electrons. The van der Waals surface area contributed by atoms with Crippen molar-refractivity contribution in [3.05, 3.63) is 65.6 Å². The third kappa shape index (κ3) is 2.58. The normalized spacial score (nSPS) is 9.44. The highest BCUT2D eigenvalue weighted by atomic mass is 16.5. The van der Waals surface area contributed by atoms with Crippen molar-refractivity contribution < 1.29 is 4.74 Å². The van der Waals surface area contributed by atoms with Gasteiger partial charge in [0, 0.05) is 6.20 Å². The van der Waals surface area contributed by atoms with Gasteiger partial charge in [0.1, 0.15) is 6.61 Å². The Morgan fingerprint density at radius 2 is 1.94 bits per heavy atom. The molecule has 0 unspecified atom stereocenters. The third-order valence-electron chi connectivity index (χ3n) is 2.08. The van der Waals surface area contributed by atoms with Crippen LogP contribution in [0.2, 0.25) is 0 Å². The average molecular weight is 210 g/mol. The van der Waals surface area contributed by atoms with Gasteiger partial charge in [0.2, 0.25) is 11.6 Å². The molecule has 1 heterocycles. The quantitative estimate of drug-likeness (QED) is 0.727. The maximum absolute atomic E-state index is 6.79. The molecule has 3 heteroatoms. The van der Waals surface area contributed by atoms with Crippen molar-refractivity contribution in [2.24, 2.45) is 0 Å². The summed E-state index contributed by atoms with van der Waals surface area (Å²) in [5.41, 5.74) is 1.62. The van der Waals surface area contributed by atoms with E-state index in [-0.39, 0.29) is 0 Å². The Labute approximate surface area is 94.2 Å². The first-order valence-electron chi connectivity index (χ1n) is 4.89. The Morgan fingerprint density at radius 1 is 1.12 bits per heavy atom. The number of nitrogens with zero attached hydrogens (tertiary/aromatic N) is 2. The second-order valence-electron chi connectivity index (χ2n) is 3.24. The molecule has 0 saturated heterocycles. The molecule has 0 bridgehead atoms. The van der Waals surface area contributed by atoms with Crippen LogP contribution in [0.3, 0.4) is 0 Å². The maximum atomic E-state index is 6.79. The summed E-state index contributed by atoms with van der Waals surface area (Å²) in [7, 11) is 0. The van der Waals surface area contributed by atoms with E-state index in [9.17, 15) is 0 Å². The van der Waals surface area contributed by atoms with Gasteiger partial charge in [-0.15, -0.1) is 0 Å². The molecular weight excluding hydrogens is 200 g/mol. The van der Waals surface area contributed by atoms with E-state index in [1.54, 1.807) is 12.1 Å². The van der Waals surface area contributed by atoms with Gasteiger partial charge in [-0.1, -0.05) is 30.3 Å². The molecule has 2 aromatic rings. The fraction of sp³-hybridized carbons (Fsp3) is 0.0769. The molecule has 0 N–H and O–H groups in total. The molecule has 0 aliphatic rings. The highest BCUT2D eigenvalue weighted by Crippen LogP contribution is 2.15. The van der Waals surface area contributed by atoms with Gasteiger partial charge in [-0.3, -0.25) is 0 Å². The molecule has 0 atom stereocenters. The Balaban J connectivity index is 1.98. The minimum absolute atomic E-state index is 0.491. The molecule has 0 amide bonds. The summed E-state index contributed by atoms with van der Waals surface area (Å²) in [5.74, 6) is 0.538. The summed E-state index contributed by atoms with van der Waals surface area (Å²) in [6, 6.07) is 13.3. The molecular formula is C13H10N2O. The van der Waals surface area contributed by atoms with Crippen LogP contribution in [-0.4, -0.2) is 4.98 Å². The highest BCUT2D eigenvalue weighted by molar-refractivity contribution is 5.42. The second kappa shape index (κ2) is 4.94. The van der Waals surface area contributed by atoms with Crippen LogP contribution in [0, 0.1) is 6.57 Å². The van der Waals surface area contributed by atoms with E-state index in [0.717, 1.165) is 5.56 Å². The first-order chi connectivity index (χ1) is 7.88. The zero-order valence-electron chi connectivity index (χ0n) is 8.63. The van der Waals surface area contributed by atoms with Crippen LogP contribution in [0.25, 0.3) is 4.85 Å². The molecule has 16 heavy (non-hydrogen) atoms. The van der Waals surface area contributed by atoms with Crippen molar-refractivity contribution >= 4 is 5.69 Å². The lowest BCUT2D eigenvalue weighted by Gasteiger charge is -2.04. The summed E-state index contributed by atoms with van der Waals surface area (Å²) in [6.45, 7) is 7.29. The van der Waals surface area contributed by atoms with E-state index in [4.69, 9.17) is 11.3 Å². The standard InChI is InChI=1S/C13H10N2O/c1-14-12-7-8-13(15-9-12)16-10-11-5-3-2-4-6-11/h2-9H,10H2. The zero-order valence-corrected chi connectivity index (χ0v) is 8.63. The Hall–Kier alpha value is -2.34. The van der Waals surface area contributed by atoms with E-state index in [2.05, 4.69) is 9.83 Å². The van der Waals surface area contributed by atoms with Crippen LogP contribution < -0.4 is 4.74 Å². The molecule has 78 valence electrons. The van der Waals surface area contributed by atoms with Gasteiger partial charge in [-0.2, -0.15) is 0 Å². The molecule has 2 rings (SSSR count). The maximum Gasteiger partial charge on any atom is 0.210 e. The van der Waals surface area contributed by atoms with Crippen molar-refractivity contribution in [1.82, 2.24) is 4.98 Å². The van der Waals surface area contributed by atoms with E-state index in [1.165, 1.54) is 6.20 Å². The number of rotatable bonds is 3. The minimum Gasteiger partial charge on any atom is -0.473 e. The Morgan fingerprint density at radius 3 is 2.56 bits per heavy atom. The largest absolute Gasteiger partial charge is 0.473 e. The van der Waals surface area contributed by atoms with Crippen molar-refractivity contribution in [2.45, 2.75) is 6.61 Å². The zero-order chi connectivity index (χ0) is 11.2. The van der Waals surface area contributed by atoms with Gasteiger partial charge < -0.3 is 4.74 Å². The minimum atomic E-state index is 0.491. The van der Waals surface area contributed by atoms with Crippen molar-refractivity contribution in [3.63, 3.8) is 0 Å². The monoisotopic (exact) mass is 210 g/mol. The molecule has 3 nitrogen and oxygen atoms in total. The smallest absolute Gasteiger partial charge is 0.210 e. The van der Waals surface area contributed by atoms with Crippen molar-refractivity contribution in [1.29, 1.82) is 0 Å². The van der Waals surface area contributed by atoms with Crippen LogP contribution >= 0.6 is 0 Å². The summed E-state index contributed by atoms with van der Waals surface area (Å²) in [4.78, 5) is 7.29. The van der Waals surface area contributed by atoms with Crippen LogP contribution in [0.5, 0.6) is 5.88 Å². The van der Waals surface area contributed by atoms with Crippen molar-refractivity contribution in [3.8, 4) is 5.88 Å². The summed E-state index contributed by atoms with van der Waals surface area (Å²) in [6.07, 6.45) is 1.51. The topological polar surface area (TPSA) is 26.5 Å². The molecule has 1 aromatic carbocycles. The number of benzene rings is 1. The molecule has 0 saturated carbocycles. The number of hydrogen-bond acceptors (Lipinski definition) is 2. The second-order valence-corrected chi connectivity index (χ2v) is 3.24. The molecule has 0 fully saturated rings. The SMILES string of the molecule is [C-]#[N+]c1ccc(OCc2ccccc2)nc1. The third-order valence-corrected chi connectivity index (χ3v) is 2.08. The molecule has 0 spiro atoms. The number of pyridine rings is 1. The van der Waals surface area contributed by atoms with Crippen molar-refractivity contribution in [2.75, 3.05) is 0 Å². The molecule has 0 aliphatic carbocycles. The lowest BCUT2D eigenvalue weighted by molar-refractivity contribution is 0.294. The fourth-order valence-electron chi connectivity index (χ4n) is 1.26. The van der Waals surface area contributed by atoms with Gasteiger partial charge in [-0.25, -0.2) is 9.83 Å². The Kier molecular flexibility index (Phi) is 3.15. The summed E-state index contributed by atoms with van der Waals surface area (Å²) < 4.78 is 5.48. The molecule has 1 aromatic heterocycles. The van der Waals surface area contributed by atoms with Crippen LogP contribution in [0.1, 0.15) is 5.56 Å². The van der Waals surface area contributed by atoms with E-state index in [1.807, 2.05) is 30.3 Å². The highest BCUT2D eigenvalue weighted by Gasteiger charge is 1.97. The summed E-state index contributed by atoms with van der Waals surface area (Å²) >= 11 is 0. The first kappa shape index (κ1) is 10.2. The van der Waals surface area contributed by atoms with Gasteiger partial charge in [0.25, 0.3) is 0 Å². The predicted octanol–water partition coefficient (Wildman–Crippen LogP) is 3.21. The van der Waals surface area contributed by atoms with Crippen LogP contribution in [-0.2, 0) is 6.61 Å². The van der Waals surface area contributed by atoms with E-state index < -0.39 is 0 Å². The average Bonchev–Trinajstić information content (AvgIpc) is 2.38. The Bertz CT molecular complexity index is 486. The molecule has 0 aliphatic heterocycles. The fourth-order valence-corrected chi connectivity index (χ4v) is 1.26. The van der Waals surface area contributed by atoms with E-state index in [0.29, 0.717) is 18.2 Å². The number of ether oxygens (including phenoxy) is 1. The van der Waals surface area contributed by atoms with Gasteiger partial charge in [0.05, 0.1) is 6.57 Å². The van der Waals surface area contributed by atoms with Crippen LogP contribution in [0.15, 0.2) is 48.7 Å². The number of hydrogen-bond donors (Lipinski definition) is 0.